The van der Waals surface area contributed by atoms with Crippen molar-refractivity contribution < 1.29 is 9.13 Å². The van der Waals surface area contributed by atoms with E-state index in [1.165, 1.54) is 6.07 Å². The third-order valence-corrected chi connectivity index (χ3v) is 2.97. The maximum Gasteiger partial charge on any atom is 0.166 e. The Hall–Kier alpha value is -0.680. The molecule has 1 fully saturated rings. The van der Waals surface area contributed by atoms with Gasteiger partial charge in [-0.1, -0.05) is 0 Å². The van der Waals surface area contributed by atoms with Gasteiger partial charge in [0.15, 0.2) is 11.6 Å². The topological polar surface area (TPSA) is 25.4 Å². The van der Waals surface area contributed by atoms with Crippen LogP contribution < -0.4 is 4.90 Å². The first-order valence-corrected chi connectivity index (χ1v) is 6.13. The molecule has 0 spiro atoms. The van der Waals surface area contributed by atoms with Gasteiger partial charge >= 0.3 is 0 Å². The second kappa shape index (κ2) is 5.10. The van der Waals surface area contributed by atoms with Crippen molar-refractivity contribution in [3.05, 3.63) is 22.6 Å². The maximum absolute atomic E-state index is 13.7. The number of halogens is 2. The second-order valence-corrected chi connectivity index (χ2v) is 4.86. The lowest BCUT2D eigenvalue weighted by Crippen LogP contribution is -2.31. The fourth-order valence-electron chi connectivity index (χ4n) is 1.83. The molecule has 0 aliphatic carbocycles. The SMILES string of the molecule is CC1CN(c2ncc(Br)cc2F)CCCO1. The molecule has 88 valence electrons. The van der Waals surface area contributed by atoms with Gasteiger partial charge in [0.1, 0.15) is 0 Å². The van der Waals surface area contributed by atoms with Crippen LogP contribution in [0.2, 0.25) is 0 Å². The number of rotatable bonds is 1. The Morgan fingerprint density at radius 3 is 3.19 bits per heavy atom. The fraction of sp³-hybridized carbons (Fsp3) is 0.545. The smallest absolute Gasteiger partial charge is 0.166 e. The van der Waals surface area contributed by atoms with Gasteiger partial charge in [0.25, 0.3) is 0 Å². The molecule has 2 heterocycles. The van der Waals surface area contributed by atoms with E-state index in [0.29, 0.717) is 16.8 Å². The lowest BCUT2D eigenvalue weighted by Gasteiger charge is -2.23. The highest BCUT2D eigenvalue weighted by Crippen LogP contribution is 2.21. The summed E-state index contributed by atoms with van der Waals surface area (Å²) < 4.78 is 19.9. The van der Waals surface area contributed by atoms with E-state index in [2.05, 4.69) is 20.9 Å². The molecule has 2 rings (SSSR count). The molecule has 0 amide bonds. The Kier molecular flexibility index (Phi) is 3.76. The normalized spacial score (nSPS) is 21.9. The van der Waals surface area contributed by atoms with Gasteiger partial charge in [-0.15, -0.1) is 0 Å². The molecular weight excluding hydrogens is 275 g/mol. The summed E-state index contributed by atoms with van der Waals surface area (Å²) in [5, 5.41) is 0. The van der Waals surface area contributed by atoms with Crippen LogP contribution in [0.1, 0.15) is 13.3 Å². The van der Waals surface area contributed by atoms with Crippen LogP contribution in [0, 0.1) is 5.82 Å². The predicted octanol–water partition coefficient (Wildman–Crippen LogP) is 2.60. The van der Waals surface area contributed by atoms with Crippen LogP contribution in [0.5, 0.6) is 0 Å². The Morgan fingerprint density at radius 2 is 2.44 bits per heavy atom. The number of nitrogens with zero attached hydrogens (tertiary/aromatic N) is 2. The summed E-state index contributed by atoms with van der Waals surface area (Å²) in [5.41, 5.74) is 0. The van der Waals surface area contributed by atoms with Gasteiger partial charge in [0, 0.05) is 30.4 Å². The van der Waals surface area contributed by atoms with E-state index in [1.807, 2.05) is 11.8 Å². The number of hydrogen-bond acceptors (Lipinski definition) is 3. The van der Waals surface area contributed by atoms with Crippen molar-refractivity contribution >= 4 is 21.7 Å². The van der Waals surface area contributed by atoms with Crippen LogP contribution in [0.4, 0.5) is 10.2 Å². The van der Waals surface area contributed by atoms with E-state index in [4.69, 9.17) is 4.74 Å². The van der Waals surface area contributed by atoms with E-state index >= 15 is 0 Å². The number of aromatic nitrogens is 1. The van der Waals surface area contributed by atoms with Gasteiger partial charge in [0.2, 0.25) is 0 Å². The number of hydrogen-bond donors (Lipinski definition) is 0. The number of ether oxygens (including phenoxy) is 1. The zero-order valence-electron chi connectivity index (χ0n) is 9.12. The molecule has 1 saturated heterocycles. The molecule has 1 aromatic rings. The highest BCUT2D eigenvalue weighted by Gasteiger charge is 2.19. The first-order chi connectivity index (χ1) is 7.66. The molecule has 0 bridgehead atoms. The summed E-state index contributed by atoms with van der Waals surface area (Å²) in [6.07, 6.45) is 2.64. The predicted molar refractivity (Wildman–Crippen MR) is 64.1 cm³/mol. The van der Waals surface area contributed by atoms with Gasteiger partial charge in [-0.25, -0.2) is 9.37 Å². The summed E-state index contributed by atoms with van der Waals surface area (Å²) in [4.78, 5) is 6.07. The zero-order chi connectivity index (χ0) is 11.5. The molecule has 5 heteroatoms. The Labute approximate surface area is 103 Å². The summed E-state index contributed by atoms with van der Waals surface area (Å²) >= 11 is 3.20. The lowest BCUT2D eigenvalue weighted by atomic mass is 10.3. The van der Waals surface area contributed by atoms with Gasteiger partial charge in [0.05, 0.1) is 6.10 Å². The van der Waals surface area contributed by atoms with Crippen molar-refractivity contribution in [2.45, 2.75) is 19.4 Å². The molecule has 3 nitrogen and oxygen atoms in total. The van der Waals surface area contributed by atoms with Crippen molar-refractivity contribution in [2.24, 2.45) is 0 Å². The van der Waals surface area contributed by atoms with Crippen molar-refractivity contribution in [2.75, 3.05) is 24.6 Å². The van der Waals surface area contributed by atoms with Crippen LogP contribution >= 0.6 is 15.9 Å². The van der Waals surface area contributed by atoms with Crippen LogP contribution in [0.25, 0.3) is 0 Å². The highest BCUT2D eigenvalue weighted by atomic mass is 79.9. The standard InChI is InChI=1S/C11H14BrFN2O/c1-8-7-15(3-2-4-16-8)11-10(13)5-9(12)6-14-11/h5-6,8H,2-4,7H2,1H3. The number of anilines is 1. The lowest BCUT2D eigenvalue weighted by molar-refractivity contribution is 0.0820. The molecule has 1 atom stereocenters. The molecular formula is C11H14BrFN2O. The van der Waals surface area contributed by atoms with Gasteiger partial charge in [-0.3, -0.25) is 0 Å². The Morgan fingerprint density at radius 1 is 1.62 bits per heavy atom. The summed E-state index contributed by atoms with van der Waals surface area (Å²) in [6.45, 7) is 4.20. The minimum atomic E-state index is -0.288. The van der Waals surface area contributed by atoms with E-state index in [-0.39, 0.29) is 11.9 Å². The molecule has 0 N–H and O–H groups in total. The van der Waals surface area contributed by atoms with E-state index < -0.39 is 0 Å². The van der Waals surface area contributed by atoms with Crippen molar-refractivity contribution in [1.29, 1.82) is 0 Å². The minimum absolute atomic E-state index is 0.118. The third kappa shape index (κ3) is 2.71. The van der Waals surface area contributed by atoms with Crippen LogP contribution in [0.3, 0.4) is 0 Å². The monoisotopic (exact) mass is 288 g/mol. The van der Waals surface area contributed by atoms with Crippen LogP contribution in [-0.4, -0.2) is 30.8 Å². The van der Waals surface area contributed by atoms with Crippen LogP contribution in [-0.2, 0) is 4.74 Å². The minimum Gasteiger partial charge on any atom is -0.377 e. The Balaban J connectivity index is 2.21. The molecule has 1 aliphatic rings. The van der Waals surface area contributed by atoms with Gasteiger partial charge < -0.3 is 9.64 Å². The van der Waals surface area contributed by atoms with Crippen LogP contribution in [0.15, 0.2) is 16.7 Å². The second-order valence-electron chi connectivity index (χ2n) is 3.94. The van der Waals surface area contributed by atoms with E-state index in [0.717, 1.165) is 19.6 Å². The van der Waals surface area contributed by atoms with Gasteiger partial charge in [-0.2, -0.15) is 0 Å². The highest BCUT2D eigenvalue weighted by molar-refractivity contribution is 9.10. The molecule has 0 saturated carbocycles. The van der Waals surface area contributed by atoms with Gasteiger partial charge in [-0.05, 0) is 35.3 Å². The zero-order valence-corrected chi connectivity index (χ0v) is 10.7. The van der Waals surface area contributed by atoms with E-state index in [1.54, 1.807) is 6.20 Å². The average Bonchev–Trinajstić information content (AvgIpc) is 2.43. The summed E-state index contributed by atoms with van der Waals surface area (Å²) in [7, 11) is 0. The fourth-order valence-corrected chi connectivity index (χ4v) is 2.13. The largest absolute Gasteiger partial charge is 0.377 e. The first kappa shape index (κ1) is 11.8. The van der Waals surface area contributed by atoms with E-state index in [9.17, 15) is 4.39 Å². The third-order valence-electron chi connectivity index (χ3n) is 2.54. The maximum atomic E-state index is 13.7. The van der Waals surface area contributed by atoms with Crippen molar-refractivity contribution in [3.8, 4) is 0 Å². The first-order valence-electron chi connectivity index (χ1n) is 5.34. The molecule has 16 heavy (non-hydrogen) atoms. The van der Waals surface area contributed by atoms with Crippen molar-refractivity contribution in [1.82, 2.24) is 4.98 Å². The molecule has 0 radical (unpaired) electrons. The quantitative estimate of drug-likeness (QED) is 0.794. The molecule has 1 aliphatic heterocycles. The average molecular weight is 289 g/mol. The summed E-state index contributed by atoms with van der Waals surface area (Å²) in [6, 6.07) is 1.44. The van der Waals surface area contributed by atoms with Crippen molar-refractivity contribution in [3.63, 3.8) is 0 Å². The molecule has 1 unspecified atom stereocenters. The molecule has 0 aromatic carbocycles. The summed E-state index contributed by atoms with van der Waals surface area (Å²) in [5.74, 6) is 0.129. The molecule has 1 aromatic heterocycles. The number of pyridine rings is 1. The Bertz CT molecular complexity index is 375.